The topological polar surface area (TPSA) is 63.9 Å². The second kappa shape index (κ2) is 7.44. The summed E-state index contributed by atoms with van der Waals surface area (Å²) in [6.45, 7) is 3.04. The van der Waals surface area contributed by atoms with Crippen LogP contribution in [0.2, 0.25) is 0 Å². The van der Waals surface area contributed by atoms with E-state index in [9.17, 15) is 4.79 Å². The average Bonchev–Trinajstić information content (AvgIpc) is 3.02. The van der Waals surface area contributed by atoms with Gasteiger partial charge in [-0.25, -0.2) is 4.68 Å². The Morgan fingerprint density at radius 1 is 1.18 bits per heavy atom. The highest BCUT2D eigenvalue weighted by atomic mass is 32.2. The van der Waals surface area contributed by atoms with Crippen LogP contribution in [-0.2, 0) is 4.79 Å². The van der Waals surface area contributed by atoms with Gasteiger partial charge in [-0.15, -0.1) is 5.10 Å². The van der Waals surface area contributed by atoms with Gasteiger partial charge in [-0.1, -0.05) is 31.0 Å². The molecular formula is C15H25N5OS. The number of aromatic nitrogens is 4. The van der Waals surface area contributed by atoms with Crippen molar-refractivity contribution < 1.29 is 4.79 Å². The standard InChI is InChI=1S/C15H25N5OS/c1-12-7-5-6-10-19(12)14(21)11-22-15-16-17-18-20(15)13-8-3-2-4-9-13/h12-13H,2-11H2,1H3. The number of carbonyl (C=O) groups is 1. The van der Waals surface area contributed by atoms with Crippen LogP contribution in [0.1, 0.15) is 64.3 Å². The smallest absolute Gasteiger partial charge is 0.233 e. The summed E-state index contributed by atoms with van der Waals surface area (Å²) in [6, 6.07) is 0.784. The molecule has 1 saturated heterocycles. The predicted molar refractivity (Wildman–Crippen MR) is 85.7 cm³/mol. The third kappa shape index (κ3) is 3.62. The van der Waals surface area contributed by atoms with Crippen LogP contribution in [-0.4, -0.2) is 49.4 Å². The first-order valence-corrected chi connectivity index (χ1v) is 9.44. The minimum Gasteiger partial charge on any atom is -0.339 e. The zero-order valence-electron chi connectivity index (χ0n) is 13.3. The lowest BCUT2D eigenvalue weighted by Gasteiger charge is -2.33. The van der Waals surface area contributed by atoms with Crippen molar-refractivity contribution in [2.24, 2.45) is 0 Å². The number of rotatable bonds is 4. The predicted octanol–water partition coefficient (Wildman–Crippen LogP) is 2.67. The number of amides is 1. The van der Waals surface area contributed by atoms with Gasteiger partial charge < -0.3 is 4.90 Å². The fourth-order valence-corrected chi connectivity index (χ4v) is 4.34. The number of hydrogen-bond donors (Lipinski definition) is 0. The van der Waals surface area contributed by atoms with Crippen LogP contribution >= 0.6 is 11.8 Å². The SMILES string of the molecule is CC1CCCCN1C(=O)CSc1nnnn1C1CCCCC1. The normalized spacial score (nSPS) is 23.7. The molecule has 1 aliphatic heterocycles. The van der Waals surface area contributed by atoms with Crippen LogP contribution in [0, 0.1) is 0 Å². The van der Waals surface area contributed by atoms with Crippen LogP contribution in [0.25, 0.3) is 0 Å². The molecule has 7 heteroatoms. The van der Waals surface area contributed by atoms with Crippen LogP contribution in [0.5, 0.6) is 0 Å². The van der Waals surface area contributed by atoms with Crippen molar-refractivity contribution in [2.45, 2.75) is 75.5 Å². The highest BCUT2D eigenvalue weighted by Crippen LogP contribution is 2.30. The van der Waals surface area contributed by atoms with Gasteiger partial charge in [-0.05, 0) is 49.5 Å². The molecule has 1 atom stereocenters. The molecule has 1 aromatic heterocycles. The number of tetrazole rings is 1. The summed E-state index contributed by atoms with van der Waals surface area (Å²) in [5, 5.41) is 12.9. The van der Waals surface area contributed by atoms with Gasteiger partial charge in [0.2, 0.25) is 11.1 Å². The molecule has 1 aromatic rings. The summed E-state index contributed by atoms with van der Waals surface area (Å²) < 4.78 is 1.94. The van der Waals surface area contributed by atoms with Crippen molar-refractivity contribution in [3.05, 3.63) is 0 Å². The molecule has 2 aliphatic rings. The van der Waals surface area contributed by atoms with E-state index in [4.69, 9.17) is 0 Å². The minimum absolute atomic E-state index is 0.218. The van der Waals surface area contributed by atoms with E-state index in [2.05, 4.69) is 22.4 Å². The molecule has 1 amide bonds. The van der Waals surface area contributed by atoms with Crippen molar-refractivity contribution in [2.75, 3.05) is 12.3 Å². The quantitative estimate of drug-likeness (QED) is 0.797. The number of nitrogens with zero attached hydrogens (tertiary/aromatic N) is 5. The van der Waals surface area contributed by atoms with E-state index in [1.807, 2.05) is 9.58 Å². The van der Waals surface area contributed by atoms with Crippen LogP contribution < -0.4 is 0 Å². The van der Waals surface area contributed by atoms with Crippen molar-refractivity contribution in [3.8, 4) is 0 Å². The summed E-state index contributed by atoms with van der Waals surface area (Å²) in [5.74, 6) is 0.660. The molecule has 1 aliphatic carbocycles. The number of piperidine rings is 1. The number of thioether (sulfide) groups is 1. The summed E-state index contributed by atoms with van der Waals surface area (Å²) in [7, 11) is 0. The Balaban J connectivity index is 1.57. The van der Waals surface area contributed by atoms with Gasteiger partial charge in [-0.3, -0.25) is 4.79 Å². The Morgan fingerprint density at radius 3 is 2.73 bits per heavy atom. The number of likely N-dealkylation sites (tertiary alicyclic amines) is 1. The first kappa shape index (κ1) is 15.8. The Bertz CT molecular complexity index is 500. The molecule has 22 heavy (non-hydrogen) atoms. The van der Waals surface area contributed by atoms with E-state index in [1.54, 1.807) is 0 Å². The highest BCUT2D eigenvalue weighted by molar-refractivity contribution is 7.99. The zero-order valence-corrected chi connectivity index (χ0v) is 14.1. The summed E-state index contributed by atoms with van der Waals surface area (Å²) in [6.07, 6.45) is 9.59. The lowest BCUT2D eigenvalue weighted by atomic mass is 9.96. The van der Waals surface area contributed by atoms with Gasteiger partial charge in [0.25, 0.3) is 0 Å². The van der Waals surface area contributed by atoms with Crippen LogP contribution in [0.15, 0.2) is 5.16 Å². The Hall–Kier alpha value is -1.11. The van der Waals surface area contributed by atoms with Crippen molar-refractivity contribution in [3.63, 3.8) is 0 Å². The molecule has 1 saturated carbocycles. The maximum atomic E-state index is 12.4. The molecule has 122 valence electrons. The Kier molecular flexibility index (Phi) is 5.33. The van der Waals surface area contributed by atoms with Gasteiger partial charge in [0.05, 0.1) is 11.8 Å². The summed E-state index contributed by atoms with van der Waals surface area (Å²) >= 11 is 1.49. The van der Waals surface area contributed by atoms with E-state index in [0.717, 1.165) is 37.4 Å². The molecular weight excluding hydrogens is 298 g/mol. The van der Waals surface area contributed by atoms with Gasteiger partial charge in [0.15, 0.2) is 0 Å². The van der Waals surface area contributed by atoms with Crippen LogP contribution in [0.3, 0.4) is 0 Å². The van der Waals surface area contributed by atoms with E-state index >= 15 is 0 Å². The fraction of sp³-hybridized carbons (Fsp3) is 0.867. The lowest BCUT2D eigenvalue weighted by Crippen LogP contribution is -2.43. The summed E-state index contributed by atoms with van der Waals surface area (Å²) in [4.78, 5) is 14.4. The van der Waals surface area contributed by atoms with E-state index < -0.39 is 0 Å². The third-order valence-corrected chi connectivity index (χ3v) is 5.75. The van der Waals surface area contributed by atoms with Crippen molar-refractivity contribution in [1.29, 1.82) is 0 Å². The van der Waals surface area contributed by atoms with Crippen molar-refractivity contribution in [1.82, 2.24) is 25.1 Å². The Labute approximate surface area is 136 Å². The molecule has 0 spiro atoms. The molecule has 1 unspecified atom stereocenters. The third-order valence-electron chi connectivity index (χ3n) is 4.83. The van der Waals surface area contributed by atoms with Crippen molar-refractivity contribution >= 4 is 17.7 Å². The maximum absolute atomic E-state index is 12.4. The van der Waals surface area contributed by atoms with Gasteiger partial charge in [0, 0.05) is 12.6 Å². The fourth-order valence-electron chi connectivity index (χ4n) is 3.51. The first-order valence-electron chi connectivity index (χ1n) is 8.46. The molecule has 3 rings (SSSR count). The van der Waals surface area contributed by atoms with Crippen LogP contribution in [0.4, 0.5) is 0 Å². The number of hydrogen-bond acceptors (Lipinski definition) is 5. The summed E-state index contributed by atoms with van der Waals surface area (Å²) in [5.41, 5.74) is 0. The van der Waals surface area contributed by atoms with E-state index in [1.165, 1.54) is 37.4 Å². The molecule has 0 N–H and O–H groups in total. The molecule has 0 bridgehead atoms. The lowest BCUT2D eigenvalue weighted by molar-refractivity contribution is -0.131. The minimum atomic E-state index is 0.218. The van der Waals surface area contributed by atoms with E-state index in [0.29, 0.717) is 17.8 Å². The molecule has 2 fully saturated rings. The maximum Gasteiger partial charge on any atom is 0.233 e. The highest BCUT2D eigenvalue weighted by Gasteiger charge is 2.25. The average molecular weight is 323 g/mol. The Morgan fingerprint density at radius 2 is 1.95 bits per heavy atom. The van der Waals surface area contributed by atoms with Gasteiger partial charge in [0.1, 0.15) is 0 Å². The molecule has 2 heterocycles. The molecule has 6 nitrogen and oxygen atoms in total. The van der Waals surface area contributed by atoms with Gasteiger partial charge >= 0.3 is 0 Å². The molecule has 0 aromatic carbocycles. The molecule has 0 radical (unpaired) electrons. The first-order chi connectivity index (χ1) is 10.8. The monoisotopic (exact) mass is 323 g/mol. The zero-order chi connectivity index (χ0) is 15.4. The second-order valence-corrected chi connectivity index (χ2v) is 7.36. The largest absolute Gasteiger partial charge is 0.339 e. The number of carbonyl (C=O) groups excluding carboxylic acids is 1. The van der Waals surface area contributed by atoms with E-state index in [-0.39, 0.29) is 5.91 Å². The van der Waals surface area contributed by atoms with Gasteiger partial charge in [-0.2, -0.15) is 0 Å². The second-order valence-electron chi connectivity index (χ2n) is 6.42.